The third-order valence-corrected chi connectivity index (χ3v) is 5.41. The average molecular weight is 389 g/mol. The predicted octanol–water partition coefficient (Wildman–Crippen LogP) is 4.38. The van der Waals surface area contributed by atoms with Crippen LogP contribution in [0.25, 0.3) is 10.8 Å². The second kappa shape index (κ2) is 8.43. The van der Waals surface area contributed by atoms with E-state index in [1.165, 1.54) is 11.1 Å². The average Bonchev–Trinajstić information content (AvgIpc) is 3.20. The molecule has 1 aliphatic heterocycles. The number of hydrogen-bond acceptors (Lipinski definition) is 3. The van der Waals surface area contributed by atoms with Crippen LogP contribution in [0.2, 0.25) is 0 Å². The molecular formula is C24H27N3O2. The van der Waals surface area contributed by atoms with E-state index in [0.29, 0.717) is 6.54 Å². The van der Waals surface area contributed by atoms with Crippen LogP contribution in [0.1, 0.15) is 24.1 Å². The molecule has 4 rings (SSSR count). The van der Waals surface area contributed by atoms with Crippen LogP contribution in [0.15, 0.2) is 65.7 Å². The maximum atomic E-state index is 5.44. The van der Waals surface area contributed by atoms with Crippen molar-refractivity contribution in [1.82, 2.24) is 10.2 Å². The van der Waals surface area contributed by atoms with E-state index < -0.39 is 0 Å². The summed E-state index contributed by atoms with van der Waals surface area (Å²) in [5.41, 5.74) is 2.46. The Morgan fingerprint density at radius 3 is 2.38 bits per heavy atom. The summed E-state index contributed by atoms with van der Waals surface area (Å²) >= 11 is 0. The van der Waals surface area contributed by atoms with Crippen LogP contribution >= 0.6 is 0 Å². The molecule has 0 amide bonds. The van der Waals surface area contributed by atoms with E-state index in [4.69, 9.17) is 14.5 Å². The molecule has 1 aliphatic rings. The lowest BCUT2D eigenvalue weighted by atomic mass is 10.1. The van der Waals surface area contributed by atoms with Crippen molar-refractivity contribution in [3.63, 3.8) is 0 Å². The molecule has 0 bridgehead atoms. The lowest BCUT2D eigenvalue weighted by Gasteiger charge is -2.14. The molecular weight excluding hydrogens is 362 g/mol. The summed E-state index contributed by atoms with van der Waals surface area (Å²) in [6, 6.07) is 21.3. The molecule has 1 unspecified atom stereocenters. The van der Waals surface area contributed by atoms with Crippen molar-refractivity contribution in [3.8, 4) is 11.5 Å². The molecule has 29 heavy (non-hydrogen) atoms. The highest BCUT2D eigenvalue weighted by Crippen LogP contribution is 2.32. The van der Waals surface area contributed by atoms with Crippen LogP contribution in [0.4, 0.5) is 0 Å². The molecule has 5 nitrogen and oxygen atoms in total. The molecule has 1 heterocycles. The van der Waals surface area contributed by atoms with E-state index in [1.54, 1.807) is 14.2 Å². The van der Waals surface area contributed by atoms with Gasteiger partial charge in [0.05, 0.1) is 26.8 Å². The van der Waals surface area contributed by atoms with Crippen LogP contribution in [-0.4, -0.2) is 38.2 Å². The monoisotopic (exact) mass is 389 g/mol. The lowest BCUT2D eigenvalue weighted by molar-refractivity contribution is 0.356. The number of rotatable bonds is 6. The van der Waals surface area contributed by atoms with E-state index in [1.807, 2.05) is 12.1 Å². The Morgan fingerprint density at radius 2 is 1.69 bits per heavy atom. The zero-order valence-electron chi connectivity index (χ0n) is 17.2. The molecule has 150 valence electrons. The molecule has 5 heteroatoms. The fourth-order valence-electron chi connectivity index (χ4n) is 3.79. The molecule has 0 spiro atoms. The zero-order chi connectivity index (χ0) is 20.2. The summed E-state index contributed by atoms with van der Waals surface area (Å²) in [4.78, 5) is 7.18. The van der Waals surface area contributed by atoms with E-state index in [-0.39, 0.29) is 6.04 Å². The van der Waals surface area contributed by atoms with E-state index >= 15 is 0 Å². The van der Waals surface area contributed by atoms with Gasteiger partial charge < -0.3 is 19.7 Å². The van der Waals surface area contributed by atoms with Gasteiger partial charge in [0, 0.05) is 13.1 Å². The van der Waals surface area contributed by atoms with Gasteiger partial charge in [-0.25, -0.2) is 4.99 Å². The van der Waals surface area contributed by atoms with Gasteiger partial charge in [0.15, 0.2) is 17.5 Å². The molecule has 1 fully saturated rings. The van der Waals surface area contributed by atoms with E-state index in [0.717, 1.165) is 41.3 Å². The molecule has 1 atom stereocenters. The molecule has 3 aromatic rings. The first-order valence-corrected chi connectivity index (χ1v) is 9.97. The highest BCUT2D eigenvalue weighted by Gasteiger charge is 2.26. The Bertz CT molecular complexity index is 1020. The minimum Gasteiger partial charge on any atom is -0.493 e. The van der Waals surface area contributed by atoms with Gasteiger partial charge in [-0.3, -0.25) is 0 Å². The molecule has 0 aliphatic carbocycles. The van der Waals surface area contributed by atoms with Gasteiger partial charge in [-0.05, 0) is 47.0 Å². The van der Waals surface area contributed by atoms with Crippen LogP contribution < -0.4 is 14.8 Å². The highest BCUT2D eigenvalue weighted by molar-refractivity contribution is 5.87. The third-order valence-electron chi connectivity index (χ3n) is 5.41. The number of likely N-dealkylation sites (N-methyl/N-ethyl adjacent to an activating group) is 1. The number of nitrogens with zero attached hydrogens (tertiary/aromatic N) is 2. The zero-order valence-corrected chi connectivity index (χ0v) is 17.2. The van der Waals surface area contributed by atoms with Crippen LogP contribution in [0.5, 0.6) is 11.5 Å². The first kappa shape index (κ1) is 19.1. The fraction of sp³-hybridized carbons (Fsp3) is 0.292. The summed E-state index contributed by atoms with van der Waals surface area (Å²) in [7, 11) is 3.32. The molecule has 0 aromatic heterocycles. The molecule has 1 N–H and O–H groups in total. The fourth-order valence-corrected chi connectivity index (χ4v) is 3.79. The summed E-state index contributed by atoms with van der Waals surface area (Å²) < 4.78 is 10.8. The maximum absolute atomic E-state index is 5.44. The largest absolute Gasteiger partial charge is 0.493 e. The van der Waals surface area contributed by atoms with E-state index in [9.17, 15) is 0 Å². The van der Waals surface area contributed by atoms with Gasteiger partial charge in [0.2, 0.25) is 0 Å². The van der Waals surface area contributed by atoms with Crippen LogP contribution in [0.3, 0.4) is 0 Å². The second-order valence-corrected chi connectivity index (χ2v) is 7.17. The van der Waals surface area contributed by atoms with Crippen molar-refractivity contribution in [2.24, 2.45) is 4.99 Å². The Morgan fingerprint density at radius 1 is 0.966 bits per heavy atom. The van der Waals surface area contributed by atoms with Gasteiger partial charge in [-0.1, -0.05) is 42.5 Å². The first-order valence-electron chi connectivity index (χ1n) is 9.97. The molecule has 0 saturated carbocycles. The minimum atomic E-state index is 0.281. The van der Waals surface area contributed by atoms with Gasteiger partial charge in [-0.15, -0.1) is 0 Å². The van der Waals surface area contributed by atoms with Crippen molar-refractivity contribution in [1.29, 1.82) is 0 Å². The summed E-state index contributed by atoms with van der Waals surface area (Å²) in [6.07, 6.45) is 0. The lowest BCUT2D eigenvalue weighted by Crippen LogP contribution is -2.30. The first-order chi connectivity index (χ1) is 14.2. The van der Waals surface area contributed by atoms with Gasteiger partial charge in [-0.2, -0.15) is 0 Å². The smallest absolute Gasteiger partial charge is 0.194 e. The highest BCUT2D eigenvalue weighted by atomic mass is 16.5. The Kier molecular flexibility index (Phi) is 5.56. The van der Waals surface area contributed by atoms with Gasteiger partial charge in [0.1, 0.15) is 0 Å². The van der Waals surface area contributed by atoms with Crippen molar-refractivity contribution < 1.29 is 9.47 Å². The SMILES string of the molecule is CCN1CC(c2ccccc2)NC1=NCc1ccc2cc(OC)c(OC)cc2c1. The number of benzene rings is 3. The second-order valence-electron chi connectivity index (χ2n) is 7.17. The predicted molar refractivity (Wildman–Crippen MR) is 118 cm³/mol. The number of aliphatic imine (C=N–C) groups is 1. The maximum Gasteiger partial charge on any atom is 0.194 e. The van der Waals surface area contributed by atoms with Gasteiger partial charge in [0.25, 0.3) is 0 Å². The van der Waals surface area contributed by atoms with Crippen LogP contribution in [0, 0.1) is 0 Å². The summed E-state index contributed by atoms with van der Waals surface area (Å²) in [5.74, 6) is 2.45. The van der Waals surface area contributed by atoms with Crippen molar-refractivity contribution in [2.45, 2.75) is 19.5 Å². The number of methoxy groups -OCH3 is 2. The summed E-state index contributed by atoms with van der Waals surface area (Å²) in [5, 5.41) is 5.83. The Balaban J connectivity index is 1.55. The van der Waals surface area contributed by atoms with Gasteiger partial charge >= 0.3 is 0 Å². The topological polar surface area (TPSA) is 46.1 Å². The van der Waals surface area contributed by atoms with E-state index in [2.05, 4.69) is 65.7 Å². The number of ether oxygens (including phenoxy) is 2. The van der Waals surface area contributed by atoms with Crippen molar-refractivity contribution >= 4 is 16.7 Å². The minimum absolute atomic E-state index is 0.281. The quantitative estimate of drug-likeness (QED) is 0.680. The number of fused-ring (bicyclic) bond motifs is 1. The Labute approximate surface area is 172 Å². The molecule has 0 radical (unpaired) electrons. The number of hydrogen-bond donors (Lipinski definition) is 1. The standard InChI is InChI=1S/C24H27N3O2/c1-4-27-16-21(18-8-6-5-7-9-18)26-24(27)25-15-17-10-11-19-13-22(28-2)23(29-3)14-20(19)12-17/h5-14,21H,4,15-16H2,1-3H3,(H,25,26). The third kappa shape index (κ3) is 3.99. The normalized spacial score (nSPS) is 17.6. The van der Waals surface area contributed by atoms with Crippen molar-refractivity contribution in [2.75, 3.05) is 27.3 Å². The number of nitrogens with one attached hydrogen (secondary N) is 1. The molecule has 1 saturated heterocycles. The van der Waals surface area contributed by atoms with Crippen molar-refractivity contribution in [3.05, 3.63) is 71.8 Å². The Hall–Kier alpha value is -3.21. The number of guanidine groups is 1. The molecule has 3 aromatic carbocycles. The van der Waals surface area contributed by atoms with Crippen LogP contribution in [-0.2, 0) is 6.54 Å². The summed E-state index contributed by atoms with van der Waals surface area (Å²) in [6.45, 7) is 4.67.